The smallest absolute Gasteiger partial charge is 0.318 e. The lowest BCUT2D eigenvalue weighted by Gasteiger charge is -2.35. The Labute approximate surface area is 168 Å². The van der Waals surface area contributed by atoms with Crippen LogP contribution in [0.25, 0.3) is 0 Å². The minimum Gasteiger partial charge on any atom is -0.350 e. The van der Waals surface area contributed by atoms with Gasteiger partial charge in [0.2, 0.25) is 11.9 Å². The highest BCUT2D eigenvalue weighted by Gasteiger charge is 2.24. The number of hydrogen-bond acceptors (Lipinski definition) is 5. The Balaban J connectivity index is 1.44. The van der Waals surface area contributed by atoms with Crippen LogP contribution in [0.5, 0.6) is 0 Å². The van der Waals surface area contributed by atoms with Gasteiger partial charge in [0.05, 0.1) is 0 Å². The molecule has 1 atom stereocenters. The molecule has 0 aliphatic carbocycles. The van der Waals surface area contributed by atoms with Crippen LogP contribution in [0.3, 0.4) is 0 Å². The second-order valence-electron chi connectivity index (χ2n) is 6.50. The standard InChI is InChI=1S/C19H23ClN6O2/c1-14(17(27)23-13-15-5-2-3-6-16(15)20)24-19(28)26-11-9-25(10-12-26)18-21-7-4-8-22-18/h2-8,14H,9-13H2,1H3,(H,23,27)(H,24,28)/t14-/m0/s1. The van der Waals surface area contributed by atoms with Crippen LogP contribution >= 0.6 is 11.6 Å². The van der Waals surface area contributed by atoms with Crippen molar-refractivity contribution in [1.29, 1.82) is 0 Å². The molecule has 1 aliphatic rings. The molecule has 0 radical (unpaired) electrons. The van der Waals surface area contributed by atoms with Crippen LogP contribution < -0.4 is 15.5 Å². The zero-order chi connectivity index (χ0) is 19.9. The maximum absolute atomic E-state index is 12.4. The van der Waals surface area contributed by atoms with Crippen molar-refractivity contribution >= 4 is 29.5 Å². The molecule has 1 aromatic carbocycles. The van der Waals surface area contributed by atoms with Crippen LogP contribution in [0, 0.1) is 0 Å². The Morgan fingerprint density at radius 2 is 1.79 bits per heavy atom. The molecule has 1 saturated heterocycles. The summed E-state index contributed by atoms with van der Waals surface area (Å²) in [5.74, 6) is 0.402. The van der Waals surface area contributed by atoms with Gasteiger partial charge in [0, 0.05) is 50.1 Å². The molecule has 0 unspecified atom stereocenters. The molecule has 148 valence electrons. The lowest BCUT2D eigenvalue weighted by atomic mass is 10.2. The monoisotopic (exact) mass is 402 g/mol. The van der Waals surface area contributed by atoms with E-state index < -0.39 is 6.04 Å². The quantitative estimate of drug-likeness (QED) is 0.793. The van der Waals surface area contributed by atoms with E-state index in [4.69, 9.17) is 11.6 Å². The van der Waals surface area contributed by atoms with Crippen molar-refractivity contribution in [3.8, 4) is 0 Å². The minimum atomic E-state index is -0.648. The summed E-state index contributed by atoms with van der Waals surface area (Å²) in [6.45, 7) is 4.34. The number of amides is 3. The van der Waals surface area contributed by atoms with Gasteiger partial charge in [-0.15, -0.1) is 0 Å². The first-order chi connectivity index (χ1) is 13.5. The molecular formula is C19H23ClN6O2. The van der Waals surface area contributed by atoms with Crippen LogP contribution in [0.4, 0.5) is 10.7 Å². The highest BCUT2D eigenvalue weighted by molar-refractivity contribution is 6.31. The second kappa shape index (κ2) is 9.36. The van der Waals surface area contributed by atoms with E-state index in [2.05, 4.69) is 20.6 Å². The topological polar surface area (TPSA) is 90.5 Å². The molecule has 3 rings (SSSR count). The average molecular weight is 403 g/mol. The van der Waals surface area contributed by atoms with E-state index in [0.29, 0.717) is 43.7 Å². The number of anilines is 1. The van der Waals surface area contributed by atoms with E-state index in [-0.39, 0.29) is 11.9 Å². The van der Waals surface area contributed by atoms with Crippen molar-refractivity contribution in [3.63, 3.8) is 0 Å². The predicted molar refractivity (Wildman–Crippen MR) is 107 cm³/mol. The minimum absolute atomic E-state index is 0.256. The maximum Gasteiger partial charge on any atom is 0.318 e. The predicted octanol–water partition coefficient (Wildman–Crippen LogP) is 1.67. The summed E-state index contributed by atoms with van der Waals surface area (Å²) >= 11 is 6.09. The molecule has 0 saturated carbocycles. The normalized spacial score (nSPS) is 15.1. The van der Waals surface area contributed by atoms with Crippen molar-refractivity contribution in [3.05, 3.63) is 53.3 Å². The summed E-state index contributed by atoms with van der Waals surface area (Å²) in [7, 11) is 0. The molecule has 3 amide bonds. The number of urea groups is 1. The van der Waals surface area contributed by atoms with E-state index >= 15 is 0 Å². The first-order valence-corrected chi connectivity index (χ1v) is 9.51. The fourth-order valence-electron chi connectivity index (χ4n) is 2.88. The Morgan fingerprint density at radius 3 is 2.46 bits per heavy atom. The van der Waals surface area contributed by atoms with Crippen LogP contribution in [-0.4, -0.2) is 59.0 Å². The Hall–Kier alpha value is -2.87. The van der Waals surface area contributed by atoms with Crippen molar-refractivity contribution in [2.75, 3.05) is 31.1 Å². The molecule has 8 nitrogen and oxygen atoms in total. The summed E-state index contributed by atoms with van der Waals surface area (Å²) in [5, 5.41) is 6.14. The van der Waals surface area contributed by atoms with E-state index in [1.165, 1.54) is 0 Å². The SMILES string of the molecule is C[C@H](NC(=O)N1CCN(c2ncccn2)CC1)C(=O)NCc1ccccc1Cl. The van der Waals surface area contributed by atoms with Crippen LogP contribution in [0.1, 0.15) is 12.5 Å². The van der Waals surface area contributed by atoms with Crippen LogP contribution in [0.2, 0.25) is 5.02 Å². The number of aromatic nitrogens is 2. The molecule has 9 heteroatoms. The van der Waals surface area contributed by atoms with Crippen molar-refractivity contribution < 1.29 is 9.59 Å². The summed E-state index contributed by atoms with van der Waals surface area (Å²) in [6, 6.07) is 8.18. The van der Waals surface area contributed by atoms with Crippen molar-refractivity contribution in [1.82, 2.24) is 25.5 Å². The average Bonchev–Trinajstić information content (AvgIpc) is 2.73. The Morgan fingerprint density at radius 1 is 1.11 bits per heavy atom. The summed E-state index contributed by atoms with van der Waals surface area (Å²) in [6.07, 6.45) is 3.40. The highest BCUT2D eigenvalue weighted by atomic mass is 35.5. The number of carbonyl (C=O) groups excluding carboxylic acids is 2. The zero-order valence-corrected chi connectivity index (χ0v) is 16.4. The third-order valence-electron chi connectivity index (χ3n) is 4.55. The number of nitrogens with zero attached hydrogens (tertiary/aromatic N) is 4. The van der Waals surface area contributed by atoms with Gasteiger partial charge in [0.15, 0.2) is 0 Å². The van der Waals surface area contributed by atoms with Crippen LogP contribution in [-0.2, 0) is 11.3 Å². The number of piperazine rings is 1. The van der Waals surface area contributed by atoms with E-state index in [1.807, 2.05) is 23.1 Å². The largest absolute Gasteiger partial charge is 0.350 e. The van der Waals surface area contributed by atoms with Gasteiger partial charge in [0.1, 0.15) is 6.04 Å². The molecule has 2 N–H and O–H groups in total. The van der Waals surface area contributed by atoms with Crippen LogP contribution in [0.15, 0.2) is 42.7 Å². The summed E-state index contributed by atoms with van der Waals surface area (Å²) in [4.78, 5) is 36.9. The molecule has 1 fully saturated rings. The highest BCUT2D eigenvalue weighted by Crippen LogP contribution is 2.14. The molecule has 2 heterocycles. The van der Waals surface area contributed by atoms with E-state index in [0.717, 1.165) is 5.56 Å². The lowest BCUT2D eigenvalue weighted by molar-refractivity contribution is -0.122. The number of rotatable bonds is 5. The Kier molecular flexibility index (Phi) is 6.65. The van der Waals surface area contributed by atoms with Gasteiger partial charge in [-0.1, -0.05) is 29.8 Å². The maximum atomic E-state index is 12.4. The second-order valence-corrected chi connectivity index (χ2v) is 6.91. The zero-order valence-electron chi connectivity index (χ0n) is 15.6. The van der Waals surface area contributed by atoms with Gasteiger partial charge < -0.3 is 20.4 Å². The Bertz CT molecular complexity index is 811. The third kappa shape index (κ3) is 5.10. The van der Waals surface area contributed by atoms with Gasteiger partial charge in [0.25, 0.3) is 0 Å². The van der Waals surface area contributed by atoms with Gasteiger partial charge >= 0.3 is 6.03 Å². The fraction of sp³-hybridized carbons (Fsp3) is 0.368. The van der Waals surface area contributed by atoms with Gasteiger partial charge in [-0.25, -0.2) is 14.8 Å². The molecule has 0 bridgehead atoms. The van der Waals surface area contributed by atoms with E-state index in [1.54, 1.807) is 36.4 Å². The summed E-state index contributed by atoms with van der Waals surface area (Å²) < 4.78 is 0. The van der Waals surface area contributed by atoms with Gasteiger partial charge in [-0.05, 0) is 24.6 Å². The van der Waals surface area contributed by atoms with E-state index in [9.17, 15) is 9.59 Å². The molecule has 1 aliphatic heterocycles. The molecule has 1 aromatic heterocycles. The number of carbonyl (C=O) groups is 2. The first kappa shape index (κ1) is 19.9. The molecule has 0 spiro atoms. The number of hydrogen-bond donors (Lipinski definition) is 2. The number of halogens is 1. The number of nitrogens with one attached hydrogen (secondary N) is 2. The molecule has 2 aromatic rings. The first-order valence-electron chi connectivity index (χ1n) is 9.13. The van der Waals surface area contributed by atoms with Gasteiger partial charge in [-0.3, -0.25) is 4.79 Å². The third-order valence-corrected chi connectivity index (χ3v) is 4.91. The lowest BCUT2D eigenvalue weighted by Crippen LogP contribution is -2.55. The number of benzene rings is 1. The fourth-order valence-corrected chi connectivity index (χ4v) is 3.09. The van der Waals surface area contributed by atoms with Crippen molar-refractivity contribution in [2.24, 2.45) is 0 Å². The van der Waals surface area contributed by atoms with Crippen molar-refractivity contribution in [2.45, 2.75) is 19.5 Å². The summed E-state index contributed by atoms with van der Waals surface area (Å²) in [5.41, 5.74) is 0.829. The molecular weight excluding hydrogens is 380 g/mol. The molecule has 28 heavy (non-hydrogen) atoms. The van der Waals surface area contributed by atoms with Gasteiger partial charge in [-0.2, -0.15) is 0 Å².